The van der Waals surface area contributed by atoms with Gasteiger partial charge in [-0.15, -0.1) is 0 Å². The molecular formula is C24H22N2O3S. The minimum atomic E-state index is -0.128. The number of fused-ring (bicyclic) bond motifs is 1. The second kappa shape index (κ2) is 9.52. The number of benzene rings is 3. The van der Waals surface area contributed by atoms with E-state index in [2.05, 4.69) is 4.98 Å². The molecule has 0 radical (unpaired) electrons. The van der Waals surface area contributed by atoms with Gasteiger partial charge in [0.05, 0.1) is 23.4 Å². The molecule has 6 heteroatoms. The Morgan fingerprint density at radius 3 is 2.60 bits per heavy atom. The summed E-state index contributed by atoms with van der Waals surface area (Å²) >= 11 is 1.50. The van der Waals surface area contributed by atoms with E-state index in [4.69, 9.17) is 9.47 Å². The van der Waals surface area contributed by atoms with Crippen molar-refractivity contribution in [3.05, 3.63) is 90.0 Å². The Labute approximate surface area is 179 Å². The van der Waals surface area contributed by atoms with E-state index in [9.17, 15) is 4.79 Å². The maximum atomic E-state index is 13.3. The van der Waals surface area contributed by atoms with Crippen LogP contribution in [0.15, 0.2) is 78.9 Å². The highest BCUT2D eigenvalue weighted by molar-refractivity contribution is 7.22. The zero-order chi connectivity index (χ0) is 20.8. The van der Waals surface area contributed by atoms with Crippen molar-refractivity contribution in [3.8, 4) is 5.75 Å². The van der Waals surface area contributed by atoms with E-state index < -0.39 is 0 Å². The number of carbonyl (C=O) groups excluding carboxylic acids is 1. The lowest BCUT2D eigenvalue weighted by molar-refractivity contribution is 0.0975. The van der Waals surface area contributed by atoms with Crippen molar-refractivity contribution in [2.24, 2.45) is 0 Å². The van der Waals surface area contributed by atoms with Crippen molar-refractivity contribution in [2.75, 3.05) is 25.2 Å². The topological polar surface area (TPSA) is 51.7 Å². The minimum Gasteiger partial charge on any atom is -0.489 e. The molecule has 0 unspecified atom stereocenters. The van der Waals surface area contributed by atoms with Crippen molar-refractivity contribution in [2.45, 2.75) is 6.61 Å². The van der Waals surface area contributed by atoms with Crippen LogP contribution in [-0.2, 0) is 11.3 Å². The second-order valence-corrected chi connectivity index (χ2v) is 7.72. The van der Waals surface area contributed by atoms with E-state index in [1.54, 1.807) is 24.1 Å². The number of aromatic nitrogens is 1. The van der Waals surface area contributed by atoms with Crippen LogP contribution < -0.4 is 9.64 Å². The van der Waals surface area contributed by atoms with Gasteiger partial charge in [0.2, 0.25) is 0 Å². The third-order valence-corrected chi connectivity index (χ3v) is 5.67. The first-order valence-corrected chi connectivity index (χ1v) is 10.5. The molecule has 4 aromatic rings. The van der Waals surface area contributed by atoms with Crippen LogP contribution in [0.2, 0.25) is 0 Å². The first-order valence-electron chi connectivity index (χ1n) is 9.68. The molecule has 0 bridgehead atoms. The first-order chi connectivity index (χ1) is 14.7. The maximum Gasteiger partial charge on any atom is 0.260 e. The van der Waals surface area contributed by atoms with Gasteiger partial charge in [-0.2, -0.15) is 0 Å². The van der Waals surface area contributed by atoms with Gasteiger partial charge in [0.15, 0.2) is 5.13 Å². The Morgan fingerprint density at radius 1 is 1.00 bits per heavy atom. The largest absolute Gasteiger partial charge is 0.489 e. The number of amides is 1. The summed E-state index contributed by atoms with van der Waals surface area (Å²) in [5.74, 6) is 0.525. The van der Waals surface area contributed by atoms with Crippen LogP contribution in [0.4, 0.5) is 5.13 Å². The molecule has 4 rings (SSSR count). The Balaban J connectivity index is 1.56. The molecule has 0 aliphatic carbocycles. The summed E-state index contributed by atoms with van der Waals surface area (Å²) in [7, 11) is 1.62. The van der Waals surface area contributed by atoms with Gasteiger partial charge in [-0.3, -0.25) is 9.69 Å². The Bertz CT molecular complexity index is 1090. The minimum absolute atomic E-state index is 0.128. The predicted molar refractivity (Wildman–Crippen MR) is 120 cm³/mol. The zero-order valence-corrected chi connectivity index (χ0v) is 17.5. The fourth-order valence-electron chi connectivity index (χ4n) is 3.06. The smallest absolute Gasteiger partial charge is 0.260 e. The van der Waals surface area contributed by atoms with Gasteiger partial charge in [0.25, 0.3) is 5.91 Å². The lowest BCUT2D eigenvalue weighted by Gasteiger charge is -2.20. The maximum absolute atomic E-state index is 13.3. The number of para-hydroxylation sites is 1. The molecule has 30 heavy (non-hydrogen) atoms. The first kappa shape index (κ1) is 20.1. The summed E-state index contributed by atoms with van der Waals surface area (Å²) in [6.07, 6.45) is 0. The number of anilines is 1. The lowest BCUT2D eigenvalue weighted by atomic mass is 10.2. The van der Waals surface area contributed by atoms with Gasteiger partial charge in [-0.25, -0.2) is 4.98 Å². The van der Waals surface area contributed by atoms with Crippen molar-refractivity contribution in [1.29, 1.82) is 0 Å². The summed E-state index contributed by atoms with van der Waals surface area (Å²) in [5, 5.41) is 0.661. The predicted octanol–water partition coefficient (Wildman–Crippen LogP) is 5.17. The van der Waals surface area contributed by atoms with Crippen LogP contribution in [0.25, 0.3) is 10.2 Å². The molecule has 0 spiro atoms. The molecule has 1 heterocycles. The lowest BCUT2D eigenvalue weighted by Crippen LogP contribution is -2.33. The molecular weight excluding hydrogens is 396 g/mol. The molecule has 0 aliphatic heterocycles. The average Bonchev–Trinajstić information content (AvgIpc) is 3.22. The molecule has 3 aromatic carbocycles. The van der Waals surface area contributed by atoms with Gasteiger partial charge in [-0.05, 0) is 35.9 Å². The van der Waals surface area contributed by atoms with E-state index in [1.807, 2.05) is 66.7 Å². The number of ether oxygens (including phenoxy) is 2. The standard InChI is InChI=1S/C24H22N2O3S/c1-28-15-14-26(24-25-21-12-5-6-13-22(21)30-24)23(27)19-10-7-11-20(16-19)29-17-18-8-3-2-4-9-18/h2-13,16H,14-15,17H2,1H3. The molecule has 5 nitrogen and oxygen atoms in total. The fraction of sp³-hybridized carbons (Fsp3) is 0.167. The third kappa shape index (κ3) is 4.67. The molecule has 0 N–H and O–H groups in total. The molecule has 0 saturated carbocycles. The summed E-state index contributed by atoms with van der Waals surface area (Å²) in [4.78, 5) is 19.7. The zero-order valence-electron chi connectivity index (χ0n) is 16.7. The summed E-state index contributed by atoms with van der Waals surface area (Å²) in [6.45, 7) is 1.29. The van der Waals surface area contributed by atoms with E-state index in [-0.39, 0.29) is 5.91 Å². The van der Waals surface area contributed by atoms with Gasteiger partial charge >= 0.3 is 0 Å². The van der Waals surface area contributed by atoms with Crippen LogP contribution in [0, 0.1) is 0 Å². The van der Waals surface area contributed by atoms with Gasteiger partial charge in [0, 0.05) is 12.7 Å². The molecule has 152 valence electrons. The highest BCUT2D eigenvalue weighted by atomic mass is 32.1. The Hall–Kier alpha value is -3.22. The van der Waals surface area contributed by atoms with Crippen LogP contribution in [-0.4, -0.2) is 31.2 Å². The van der Waals surface area contributed by atoms with Crippen LogP contribution >= 0.6 is 11.3 Å². The fourth-order valence-corrected chi connectivity index (χ4v) is 4.05. The van der Waals surface area contributed by atoms with E-state index in [0.29, 0.717) is 36.2 Å². The van der Waals surface area contributed by atoms with Gasteiger partial charge < -0.3 is 9.47 Å². The summed E-state index contributed by atoms with van der Waals surface area (Å²) in [6, 6.07) is 25.1. The molecule has 0 saturated heterocycles. The average molecular weight is 419 g/mol. The Kier molecular flexibility index (Phi) is 6.37. The molecule has 0 aliphatic rings. The number of thiazole rings is 1. The number of carbonyl (C=O) groups is 1. The number of rotatable bonds is 8. The molecule has 0 atom stereocenters. The number of nitrogens with zero attached hydrogens (tertiary/aromatic N) is 2. The molecule has 1 aromatic heterocycles. The number of hydrogen-bond donors (Lipinski definition) is 0. The van der Waals surface area contributed by atoms with Crippen molar-refractivity contribution in [3.63, 3.8) is 0 Å². The molecule has 0 fully saturated rings. The van der Waals surface area contributed by atoms with E-state index in [0.717, 1.165) is 15.8 Å². The monoisotopic (exact) mass is 418 g/mol. The highest BCUT2D eigenvalue weighted by Crippen LogP contribution is 2.30. The highest BCUT2D eigenvalue weighted by Gasteiger charge is 2.21. The number of methoxy groups -OCH3 is 1. The van der Waals surface area contributed by atoms with Gasteiger partial charge in [-0.1, -0.05) is 59.9 Å². The third-order valence-electron chi connectivity index (χ3n) is 4.61. The van der Waals surface area contributed by atoms with Crippen LogP contribution in [0.5, 0.6) is 5.75 Å². The SMILES string of the molecule is COCCN(C(=O)c1cccc(OCc2ccccc2)c1)c1nc2ccccc2s1. The van der Waals surface area contributed by atoms with E-state index >= 15 is 0 Å². The normalized spacial score (nSPS) is 10.8. The van der Waals surface area contributed by atoms with Gasteiger partial charge in [0.1, 0.15) is 12.4 Å². The second-order valence-electron chi connectivity index (χ2n) is 6.72. The van der Waals surface area contributed by atoms with Crippen LogP contribution in [0.3, 0.4) is 0 Å². The Morgan fingerprint density at radius 2 is 1.80 bits per heavy atom. The van der Waals surface area contributed by atoms with Crippen LogP contribution in [0.1, 0.15) is 15.9 Å². The van der Waals surface area contributed by atoms with Crippen molar-refractivity contribution in [1.82, 2.24) is 4.98 Å². The molecule has 1 amide bonds. The quantitative estimate of drug-likeness (QED) is 0.396. The van der Waals surface area contributed by atoms with Crippen molar-refractivity contribution >= 4 is 32.6 Å². The van der Waals surface area contributed by atoms with E-state index in [1.165, 1.54) is 11.3 Å². The number of hydrogen-bond acceptors (Lipinski definition) is 5. The summed E-state index contributed by atoms with van der Waals surface area (Å²) in [5.41, 5.74) is 2.51. The summed E-state index contributed by atoms with van der Waals surface area (Å²) < 4.78 is 12.2. The van der Waals surface area contributed by atoms with Crippen molar-refractivity contribution < 1.29 is 14.3 Å².